The van der Waals surface area contributed by atoms with Gasteiger partial charge in [0, 0.05) is 6.54 Å². The lowest BCUT2D eigenvalue weighted by Gasteiger charge is -2.08. The van der Waals surface area contributed by atoms with Gasteiger partial charge in [-0.3, -0.25) is 4.79 Å². The molecule has 6 nitrogen and oxygen atoms in total. The Balaban J connectivity index is 1.85. The van der Waals surface area contributed by atoms with Gasteiger partial charge in [0.1, 0.15) is 5.75 Å². The number of ether oxygens (including phenoxy) is 1. The fourth-order valence-electron chi connectivity index (χ4n) is 1.78. The molecular formula is C13H16N4O2. The first-order chi connectivity index (χ1) is 9.18. The first-order valence-corrected chi connectivity index (χ1v) is 5.96. The van der Waals surface area contributed by atoms with E-state index in [9.17, 15) is 4.79 Å². The maximum absolute atomic E-state index is 11.2. The van der Waals surface area contributed by atoms with Gasteiger partial charge in [0.05, 0.1) is 12.9 Å². The Morgan fingerprint density at radius 2 is 2.05 bits per heavy atom. The predicted octanol–water partition coefficient (Wildman–Crippen LogP) is 1.03. The molecule has 4 N–H and O–H groups in total. The van der Waals surface area contributed by atoms with Crippen LogP contribution in [0, 0.1) is 0 Å². The molecule has 0 atom stereocenters. The molecule has 2 rings (SSSR count). The van der Waals surface area contributed by atoms with Crippen molar-refractivity contribution in [3.63, 3.8) is 0 Å². The number of imidazole rings is 1. The molecule has 2 aromatic rings. The van der Waals surface area contributed by atoms with Crippen LogP contribution in [0.25, 0.3) is 0 Å². The molecule has 0 aliphatic carbocycles. The number of aromatic nitrogens is 2. The van der Waals surface area contributed by atoms with Crippen molar-refractivity contribution < 1.29 is 9.53 Å². The van der Waals surface area contributed by atoms with E-state index >= 15 is 0 Å². The monoisotopic (exact) mass is 260 g/mol. The summed E-state index contributed by atoms with van der Waals surface area (Å²) in [5, 5.41) is 0. The number of nitrogens with two attached hydrogens (primary N) is 2. The average Bonchev–Trinajstić information content (AvgIpc) is 2.77. The second kappa shape index (κ2) is 5.90. The van der Waals surface area contributed by atoms with Crippen molar-refractivity contribution in [2.24, 2.45) is 5.73 Å². The van der Waals surface area contributed by atoms with Gasteiger partial charge in [-0.05, 0) is 18.6 Å². The number of hydrogen-bond acceptors (Lipinski definition) is 4. The van der Waals surface area contributed by atoms with Gasteiger partial charge in [0.15, 0.2) is 11.5 Å². The fraction of sp³-hybridized carbons (Fsp3) is 0.231. The number of para-hydroxylation sites is 1. The number of primary amides is 1. The molecule has 0 bridgehead atoms. The summed E-state index contributed by atoms with van der Waals surface area (Å²) in [6.07, 6.45) is 2.24. The van der Waals surface area contributed by atoms with E-state index in [1.54, 1.807) is 4.57 Å². The first-order valence-electron chi connectivity index (χ1n) is 5.96. The van der Waals surface area contributed by atoms with E-state index in [1.165, 1.54) is 6.33 Å². The summed E-state index contributed by atoms with van der Waals surface area (Å²) in [6, 6.07) is 9.54. The Hall–Kier alpha value is -2.50. The zero-order valence-electron chi connectivity index (χ0n) is 10.5. The zero-order valence-corrected chi connectivity index (χ0v) is 10.5. The van der Waals surface area contributed by atoms with E-state index in [4.69, 9.17) is 16.2 Å². The summed E-state index contributed by atoms with van der Waals surface area (Å²) < 4.78 is 7.20. The van der Waals surface area contributed by atoms with Gasteiger partial charge in [-0.2, -0.15) is 0 Å². The number of carbonyl (C=O) groups excluding carboxylic acids is 1. The van der Waals surface area contributed by atoms with Gasteiger partial charge in [-0.25, -0.2) is 4.98 Å². The maximum atomic E-state index is 11.2. The van der Waals surface area contributed by atoms with E-state index in [2.05, 4.69) is 4.98 Å². The van der Waals surface area contributed by atoms with Crippen LogP contribution in [0.5, 0.6) is 5.75 Å². The standard InChI is InChI=1S/C13H16N4O2/c14-12-11(13(15)18)17(9-16-12)7-4-8-19-10-5-2-1-3-6-10/h1-3,5-6,9H,4,7-8,14H2,(H2,15,18). The summed E-state index contributed by atoms with van der Waals surface area (Å²) in [7, 11) is 0. The molecular weight excluding hydrogens is 244 g/mol. The largest absolute Gasteiger partial charge is 0.494 e. The van der Waals surface area contributed by atoms with Crippen LogP contribution in [0.15, 0.2) is 36.7 Å². The van der Waals surface area contributed by atoms with Crippen molar-refractivity contribution in [3.05, 3.63) is 42.4 Å². The fourth-order valence-corrected chi connectivity index (χ4v) is 1.78. The van der Waals surface area contributed by atoms with Crippen molar-refractivity contribution in [2.45, 2.75) is 13.0 Å². The number of rotatable bonds is 6. The van der Waals surface area contributed by atoms with E-state index in [-0.39, 0.29) is 11.5 Å². The number of amides is 1. The lowest BCUT2D eigenvalue weighted by Crippen LogP contribution is -2.19. The molecule has 6 heteroatoms. The molecule has 0 unspecified atom stereocenters. The third-order valence-electron chi connectivity index (χ3n) is 2.65. The highest BCUT2D eigenvalue weighted by Crippen LogP contribution is 2.11. The van der Waals surface area contributed by atoms with Crippen LogP contribution in [0.3, 0.4) is 0 Å². The van der Waals surface area contributed by atoms with Crippen molar-refractivity contribution in [1.29, 1.82) is 0 Å². The molecule has 0 aliphatic heterocycles. The van der Waals surface area contributed by atoms with Crippen molar-refractivity contribution >= 4 is 11.7 Å². The number of anilines is 1. The minimum absolute atomic E-state index is 0.163. The van der Waals surface area contributed by atoms with Crippen molar-refractivity contribution in [1.82, 2.24) is 9.55 Å². The normalized spacial score (nSPS) is 10.3. The SMILES string of the molecule is NC(=O)c1c(N)ncn1CCCOc1ccccc1. The lowest BCUT2D eigenvalue weighted by atomic mass is 10.3. The Kier molecular flexibility index (Phi) is 4.02. The number of benzene rings is 1. The number of nitrogens with zero attached hydrogens (tertiary/aromatic N) is 2. The number of nitrogen functional groups attached to an aromatic ring is 1. The number of hydrogen-bond donors (Lipinski definition) is 2. The van der Waals surface area contributed by atoms with Crippen LogP contribution < -0.4 is 16.2 Å². The summed E-state index contributed by atoms with van der Waals surface area (Å²) >= 11 is 0. The molecule has 1 amide bonds. The topological polar surface area (TPSA) is 96.2 Å². The summed E-state index contributed by atoms with van der Waals surface area (Å²) in [4.78, 5) is 15.1. The van der Waals surface area contributed by atoms with Gasteiger partial charge in [-0.1, -0.05) is 18.2 Å². The molecule has 19 heavy (non-hydrogen) atoms. The van der Waals surface area contributed by atoms with Gasteiger partial charge < -0.3 is 20.8 Å². The minimum Gasteiger partial charge on any atom is -0.494 e. The zero-order chi connectivity index (χ0) is 13.7. The Morgan fingerprint density at radius 1 is 1.32 bits per heavy atom. The van der Waals surface area contributed by atoms with Crippen LogP contribution in [-0.4, -0.2) is 22.1 Å². The van der Waals surface area contributed by atoms with Crippen LogP contribution in [0.2, 0.25) is 0 Å². The van der Waals surface area contributed by atoms with Crippen LogP contribution >= 0.6 is 0 Å². The van der Waals surface area contributed by atoms with Gasteiger partial charge in [0.2, 0.25) is 0 Å². The molecule has 1 aromatic carbocycles. The molecule has 1 heterocycles. The Bertz CT molecular complexity index is 551. The lowest BCUT2D eigenvalue weighted by molar-refractivity contribution is 0.0992. The summed E-state index contributed by atoms with van der Waals surface area (Å²) in [5.41, 5.74) is 11.1. The highest BCUT2D eigenvalue weighted by Gasteiger charge is 2.13. The molecule has 0 radical (unpaired) electrons. The molecule has 0 saturated carbocycles. The molecule has 100 valence electrons. The van der Waals surface area contributed by atoms with Crippen LogP contribution in [0.4, 0.5) is 5.82 Å². The molecule has 0 spiro atoms. The van der Waals surface area contributed by atoms with Crippen molar-refractivity contribution in [3.8, 4) is 5.75 Å². The highest BCUT2D eigenvalue weighted by atomic mass is 16.5. The van der Waals surface area contributed by atoms with Crippen molar-refractivity contribution in [2.75, 3.05) is 12.3 Å². The average molecular weight is 260 g/mol. The molecule has 0 aliphatic rings. The van der Waals surface area contributed by atoms with Gasteiger partial charge >= 0.3 is 0 Å². The summed E-state index contributed by atoms with van der Waals surface area (Å²) in [6.45, 7) is 1.12. The van der Waals surface area contributed by atoms with Gasteiger partial charge in [0.25, 0.3) is 5.91 Å². The molecule has 1 aromatic heterocycles. The van der Waals surface area contributed by atoms with E-state index in [0.717, 1.165) is 12.2 Å². The molecule has 0 fully saturated rings. The number of aryl methyl sites for hydroxylation is 1. The minimum atomic E-state index is -0.570. The van der Waals surface area contributed by atoms with E-state index in [1.807, 2.05) is 30.3 Å². The Morgan fingerprint density at radius 3 is 2.74 bits per heavy atom. The highest BCUT2D eigenvalue weighted by molar-refractivity contribution is 5.95. The third kappa shape index (κ3) is 3.25. The second-order valence-electron chi connectivity index (χ2n) is 4.05. The van der Waals surface area contributed by atoms with Crippen LogP contribution in [-0.2, 0) is 6.54 Å². The predicted molar refractivity (Wildman–Crippen MR) is 71.7 cm³/mol. The summed E-state index contributed by atoms with van der Waals surface area (Å²) in [5.74, 6) is 0.415. The second-order valence-corrected chi connectivity index (χ2v) is 4.05. The smallest absolute Gasteiger partial charge is 0.269 e. The van der Waals surface area contributed by atoms with E-state index in [0.29, 0.717) is 13.2 Å². The maximum Gasteiger partial charge on any atom is 0.269 e. The Labute approximate surface area is 111 Å². The number of carbonyl (C=O) groups is 1. The molecule has 0 saturated heterocycles. The van der Waals surface area contributed by atoms with E-state index < -0.39 is 5.91 Å². The van der Waals surface area contributed by atoms with Crippen LogP contribution in [0.1, 0.15) is 16.9 Å². The quantitative estimate of drug-likeness (QED) is 0.758. The van der Waals surface area contributed by atoms with Gasteiger partial charge in [-0.15, -0.1) is 0 Å². The third-order valence-corrected chi connectivity index (χ3v) is 2.65. The first kappa shape index (κ1) is 12.9.